The summed E-state index contributed by atoms with van der Waals surface area (Å²) >= 11 is 0. The summed E-state index contributed by atoms with van der Waals surface area (Å²) < 4.78 is 11.0. The number of aliphatic hydroxyl groups excluding tert-OH is 2. The first-order chi connectivity index (χ1) is 46.5. The molecule has 0 bridgehead atoms. The van der Waals surface area contributed by atoms with E-state index < -0.39 is 155 Å². The molecule has 4 aliphatic heterocycles. The minimum atomic E-state index is -1.20. The summed E-state index contributed by atoms with van der Waals surface area (Å²) in [6, 6.07) is 7.83. The van der Waals surface area contributed by atoms with E-state index in [1.807, 2.05) is 0 Å². The van der Waals surface area contributed by atoms with Crippen molar-refractivity contribution in [2.45, 2.75) is 217 Å². The average molecular weight is 1370 g/mol. The number of carbonyl (C=O) groups is 10. The third-order valence-corrected chi connectivity index (χ3v) is 18.8. The summed E-state index contributed by atoms with van der Waals surface area (Å²) in [7, 11) is 2.88. The number of carbonyl (C=O) groups excluding carboxylic acids is 10. The maximum atomic E-state index is 14.5. The van der Waals surface area contributed by atoms with Gasteiger partial charge in [-0.3, -0.25) is 57.7 Å². The van der Waals surface area contributed by atoms with E-state index in [0.717, 1.165) is 0 Å². The molecular weight excluding hydrogens is 1260 g/mol. The number of ether oxygens (including phenoxy) is 2. The van der Waals surface area contributed by atoms with Gasteiger partial charge in [0.2, 0.25) is 47.3 Å². The highest BCUT2D eigenvalue weighted by Crippen LogP contribution is 2.37. The zero-order valence-corrected chi connectivity index (χ0v) is 58.2. The summed E-state index contributed by atoms with van der Waals surface area (Å²) in [6.45, 7) is 13.8. The minimum Gasteiger partial charge on any atom is -0.444 e. The summed E-state index contributed by atoms with van der Waals surface area (Å²) in [6.07, 6.45) is 4.02. The molecule has 0 aliphatic carbocycles. The zero-order valence-electron chi connectivity index (χ0n) is 58.2. The second kappa shape index (κ2) is 34.7. The fourth-order valence-corrected chi connectivity index (χ4v) is 13.5. The number of rotatable bonds is 30. The predicted molar refractivity (Wildman–Crippen MR) is 364 cm³/mol. The van der Waals surface area contributed by atoms with Crippen molar-refractivity contribution in [3.63, 3.8) is 0 Å². The summed E-state index contributed by atoms with van der Waals surface area (Å²) in [5.74, 6) is -5.80. The fourth-order valence-electron chi connectivity index (χ4n) is 13.5. The minimum absolute atomic E-state index is 0.131. The number of nitrogens with zero attached hydrogens (tertiary/aromatic N) is 4. The normalized spacial score (nSPS) is 22.1. The quantitative estimate of drug-likeness (QED) is 0.0338. The third kappa shape index (κ3) is 19.4. The van der Waals surface area contributed by atoms with Crippen molar-refractivity contribution < 1.29 is 67.6 Å². The Kier molecular flexibility index (Phi) is 27.2. The molecule has 10 N–H and O–H groups in total. The zero-order chi connectivity index (χ0) is 71.8. The number of nitrogens with one attached hydrogen (secondary N) is 8. The van der Waals surface area contributed by atoms with Crippen molar-refractivity contribution in [3.8, 4) is 0 Å². The molecule has 0 spiro atoms. The molecule has 3 aromatic rings. The van der Waals surface area contributed by atoms with Gasteiger partial charge in [-0.05, 0) is 143 Å². The first-order valence-electron chi connectivity index (χ1n) is 34.5. The second-order valence-corrected chi connectivity index (χ2v) is 28.0. The molecule has 4 saturated heterocycles. The average Bonchev–Trinajstić information content (AvgIpc) is 1.60. The Bertz CT molecular complexity index is 3130. The highest BCUT2D eigenvalue weighted by molar-refractivity contribution is 5.98. The number of aliphatic hydroxyl groups is 2. The van der Waals surface area contributed by atoms with Crippen LogP contribution in [0.15, 0.2) is 70.3 Å². The number of hydrogen-bond donors (Lipinski definition) is 10. The van der Waals surface area contributed by atoms with Crippen LogP contribution >= 0.6 is 0 Å². The molecular formula is C70H102N12O16. The van der Waals surface area contributed by atoms with Gasteiger partial charge < -0.3 is 72.0 Å². The highest BCUT2D eigenvalue weighted by atomic mass is 16.6. The largest absolute Gasteiger partial charge is 0.444 e. The van der Waals surface area contributed by atoms with Crippen molar-refractivity contribution in [1.82, 2.24) is 51.5 Å². The molecule has 4 aliphatic rings. The fraction of sp³-hybridized carbons (Fsp3) is 0.629. The lowest BCUT2D eigenvalue weighted by molar-refractivity contribution is -0.145. The van der Waals surface area contributed by atoms with Gasteiger partial charge >= 0.3 is 12.2 Å². The Morgan fingerprint density at radius 1 is 0.500 bits per heavy atom. The molecule has 4 fully saturated rings. The Morgan fingerprint density at radius 3 is 1.16 bits per heavy atom. The molecule has 4 heterocycles. The van der Waals surface area contributed by atoms with E-state index in [9.17, 15) is 67.7 Å². The molecule has 3 aromatic carbocycles. The van der Waals surface area contributed by atoms with Gasteiger partial charge in [0.1, 0.15) is 70.9 Å². The lowest BCUT2D eigenvalue weighted by Crippen LogP contribution is -2.59. The number of fused-ring (bicyclic) bond motifs is 2. The molecule has 0 saturated carbocycles. The SMILES string of the molecule is CCC(C(=O)NC1C(=O)N2C(CCC1CO)CCC2C(=O)NC(C(=O)NCCCCNc1c(NCCCCNC(=O)C(NC(=O)C2CCC3CCC(CO)C(NC(=O)C(CC)N(C)C(=O)OC(C)(C)C)C(=O)N32)c2ccccc2)c(=O)c1=O)c1ccccc1)N(C)C(=O)OC(C)(C)C. The van der Waals surface area contributed by atoms with E-state index in [1.165, 1.54) is 33.7 Å². The maximum absolute atomic E-state index is 14.5. The van der Waals surface area contributed by atoms with E-state index in [1.54, 1.807) is 116 Å². The standard InChI is InChI=1S/C70H102N12O16/c1-11-47(79(9)67(95)97-69(3,4)5)59(87)77-53-43(39-83)27-29-45-31-33-49(81(45)65(53)93)61(89)75-51(41-23-15-13-16-24-41)63(91)73-37-21-19-35-71-55-56(58(86)57(55)85)72-36-20-22-38-74-64(92)52(42-25-17-14-18-26-42)76-62(90)50-34-32-46-30-28-44(40-84)54(66(94)82(46)50)78-60(88)48(12-2)80(10)68(96)98-70(6,7)8/h13-18,23-26,43-54,71-72,83-84H,11-12,19-22,27-40H2,1-10H3,(H,73,91)(H,74,92)(H,75,89)(H,76,90)(H,77,87)(H,78,88). The number of likely N-dealkylation sites (N-methyl/N-ethyl adjacent to an activating group) is 2. The Morgan fingerprint density at radius 2 is 0.837 bits per heavy atom. The third-order valence-electron chi connectivity index (χ3n) is 18.8. The lowest BCUT2D eigenvalue weighted by atomic mass is 9.93. The molecule has 7 rings (SSSR count). The van der Waals surface area contributed by atoms with Gasteiger partial charge in [0.15, 0.2) is 0 Å². The van der Waals surface area contributed by atoms with Crippen LogP contribution in [0, 0.1) is 11.8 Å². The summed E-state index contributed by atoms with van der Waals surface area (Å²) in [5.41, 5.74) is -1.76. The van der Waals surface area contributed by atoms with E-state index in [0.29, 0.717) is 88.2 Å². The number of benzene rings is 2. The number of anilines is 2. The first kappa shape index (κ1) is 76.7. The molecule has 538 valence electrons. The Balaban J connectivity index is 0.869. The molecule has 0 radical (unpaired) electrons. The van der Waals surface area contributed by atoms with E-state index in [2.05, 4.69) is 42.5 Å². The van der Waals surface area contributed by atoms with Crippen LogP contribution < -0.4 is 53.4 Å². The van der Waals surface area contributed by atoms with Crippen LogP contribution in [-0.2, 0) is 47.8 Å². The predicted octanol–water partition coefficient (Wildman–Crippen LogP) is 3.40. The van der Waals surface area contributed by atoms with Crippen molar-refractivity contribution in [3.05, 3.63) is 92.2 Å². The Hall–Kier alpha value is -8.66. The maximum Gasteiger partial charge on any atom is 0.410 e. The number of amides is 10. The van der Waals surface area contributed by atoms with Crippen molar-refractivity contribution in [2.24, 2.45) is 11.8 Å². The summed E-state index contributed by atoms with van der Waals surface area (Å²) in [4.78, 5) is 170. The highest BCUT2D eigenvalue weighted by Gasteiger charge is 2.51. The van der Waals surface area contributed by atoms with Crippen LogP contribution in [0.25, 0.3) is 0 Å². The van der Waals surface area contributed by atoms with Gasteiger partial charge in [-0.15, -0.1) is 0 Å². The van der Waals surface area contributed by atoms with Crippen LogP contribution in [0.5, 0.6) is 0 Å². The topological polar surface area (TPSA) is 373 Å². The van der Waals surface area contributed by atoms with Gasteiger partial charge in [-0.2, -0.15) is 0 Å². The van der Waals surface area contributed by atoms with Crippen LogP contribution in [0.1, 0.15) is 168 Å². The smallest absolute Gasteiger partial charge is 0.410 e. The van der Waals surface area contributed by atoms with Crippen molar-refractivity contribution in [1.29, 1.82) is 0 Å². The van der Waals surface area contributed by atoms with Gasteiger partial charge in [0.25, 0.3) is 10.9 Å². The second-order valence-electron chi connectivity index (χ2n) is 28.0. The molecule has 12 unspecified atom stereocenters. The lowest BCUT2D eigenvalue weighted by Gasteiger charge is -2.34. The van der Waals surface area contributed by atoms with E-state index in [-0.39, 0.29) is 62.5 Å². The van der Waals surface area contributed by atoms with Crippen molar-refractivity contribution in [2.75, 3.05) is 64.1 Å². The Labute approximate surface area is 572 Å². The van der Waals surface area contributed by atoms with Crippen LogP contribution in [-0.4, -0.2) is 202 Å². The van der Waals surface area contributed by atoms with E-state index >= 15 is 0 Å². The molecule has 98 heavy (non-hydrogen) atoms. The van der Waals surface area contributed by atoms with Gasteiger partial charge in [-0.25, -0.2) is 9.59 Å². The molecule has 10 amide bonds. The molecule has 0 aromatic heterocycles. The number of hydrogen-bond acceptors (Lipinski definition) is 18. The molecule has 28 nitrogen and oxygen atoms in total. The molecule has 28 heteroatoms. The van der Waals surface area contributed by atoms with Gasteiger partial charge in [-0.1, -0.05) is 74.5 Å². The van der Waals surface area contributed by atoms with Gasteiger partial charge in [0, 0.05) is 77.4 Å². The van der Waals surface area contributed by atoms with Crippen molar-refractivity contribution >= 4 is 70.8 Å². The molecule has 12 atom stereocenters. The first-order valence-corrected chi connectivity index (χ1v) is 34.5. The van der Waals surface area contributed by atoms with Crippen LogP contribution in [0.3, 0.4) is 0 Å². The van der Waals surface area contributed by atoms with Crippen LogP contribution in [0.2, 0.25) is 0 Å². The number of unbranched alkanes of at least 4 members (excludes halogenated alkanes) is 2. The summed E-state index contributed by atoms with van der Waals surface area (Å²) in [5, 5.41) is 44.2. The van der Waals surface area contributed by atoms with Gasteiger partial charge in [0.05, 0.1) is 0 Å². The van der Waals surface area contributed by atoms with E-state index in [4.69, 9.17) is 9.47 Å². The van der Waals surface area contributed by atoms with Crippen LogP contribution in [0.4, 0.5) is 21.0 Å². The monoisotopic (exact) mass is 1370 g/mol.